The van der Waals surface area contributed by atoms with Crippen molar-refractivity contribution in [3.05, 3.63) is 71.9 Å². The minimum Gasteiger partial charge on any atom is -0.383 e. The first-order chi connectivity index (χ1) is 17.1. The number of nitrogens with one attached hydrogen (secondary N) is 1. The maximum Gasteiger partial charge on any atom is 0.254 e. The zero-order valence-electron chi connectivity index (χ0n) is 19.2. The van der Waals surface area contributed by atoms with Gasteiger partial charge in [-0.15, -0.1) is 22.7 Å². The number of nitrogens with zero attached hydrogens (tertiary/aromatic N) is 3. The number of ether oxygens (including phenoxy) is 1. The number of fused-ring (bicyclic) bond motifs is 2. The first-order valence-electron chi connectivity index (χ1n) is 11.3. The molecule has 5 heterocycles. The smallest absolute Gasteiger partial charge is 0.254 e. The fourth-order valence-corrected chi connectivity index (χ4v) is 5.86. The maximum atomic E-state index is 12.1. The van der Waals surface area contributed by atoms with Crippen LogP contribution in [-0.2, 0) is 4.74 Å². The molecule has 0 bridgehead atoms. The summed E-state index contributed by atoms with van der Waals surface area (Å²) in [6.07, 6.45) is 3.35. The summed E-state index contributed by atoms with van der Waals surface area (Å²) >= 11 is 3.29. The van der Waals surface area contributed by atoms with E-state index in [4.69, 9.17) is 10.5 Å². The van der Waals surface area contributed by atoms with E-state index >= 15 is 0 Å². The lowest BCUT2D eigenvalue weighted by Crippen LogP contribution is -2.36. The first kappa shape index (κ1) is 23.2. The summed E-state index contributed by atoms with van der Waals surface area (Å²) in [4.78, 5) is 23.8. The lowest BCUT2D eigenvalue weighted by Gasteiger charge is -2.28. The number of pyridine rings is 2. The third-order valence-corrected chi connectivity index (χ3v) is 7.89. The van der Waals surface area contributed by atoms with Crippen LogP contribution in [0.25, 0.3) is 30.7 Å². The Kier molecular flexibility index (Phi) is 6.89. The van der Waals surface area contributed by atoms with Gasteiger partial charge in [-0.2, -0.15) is 0 Å². The van der Waals surface area contributed by atoms with Gasteiger partial charge in [-0.25, -0.2) is 4.98 Å². The van der Waals surface area contributed by atoms with E-state index in [1.807, 2.05) is 24.4 Å². The number of carbonyl (C=O) groups excluding carboxylic acids is 1. The van der Waals surface area contributed by atoms with E-state index in [-0.39, 0.29) is 5.91 Å². The summed E-state index contributed by atoms with van der Waals surface area (Å²) in [5.41, 5.74) is 9.98. The van der Waals surface area contributed by atoms with Gasteiger partial charge in [0.25, 0.3) is 5.91 Å². The summed E-state index contributed by atoms with van der Waals surface area (Å²) in [5.74, 6) is 0.290. The second-order valence-corrected chi connectivity index (χ2v) is 9.94. The van der Waals surface area contributed by atoms with Gasteiger partial charge >= 0.3 is 0 Å². The molecule has 5 aromatic rings. The van der Waals surface area contributed by atoms with Gasteiger partial charge in [0.05, 0.1) is 33.7 Å². The van der Waals surface area contributed by atoms with Crippen LogP contribution in [0.15, 0.2) is 66.3 Å². The Labute approximate surface area is 211 Å². The Balaban J connectivity index is 0.000000234. The van der Waals surface area contributed by atoms with Crippen molar-refractivity contribution in [2.24, 2.45) is 0 Å². The Morgan fingerprint density at radius 3 is 2.66 bits per heavy atom. The standard InChI is InChI=1S/C19H20N4O2S.C7H5NS/c1-21-19(24)15-11-22-18(20)14-10-16(26-17(14)15)12-2-4-13(5-3-12)23-6-8-25-9-7-23;1-2-7-6(8-4-1)3-5-9-7/h2-5,10-11H,6-9H2,1H3,(H2,20,22)(H,21,24);1-5H. The van der Waals surface area contributed by atoms with Crippen LogP contribution in [0.2, 0.25) is 0 Å². The molecule has 7 nitrogen and oxygen atoms in total. The third-order valence-electron chi connectivity index (χ3n) is 5.81. The van der Waals surface area contributed by atoms with Crippen LogP contribution >= 0.6 is 22.7 Å². The van der Waals surface area contributed by atoms with Gasteiger partial charge in [0.1, 0.15) is 5.82 Å². The number of nitrogens with two attached hydrogens (primary N) is 1. The number of anilines is 2. The van der Waals surface area contributed by atoms with Gasteiger partial charge < -0.3 is 20.7 Å². The molecule has 0 spiro atoms. The molecule has 1 saturated heterocycles. The minimum atomic E-state index is -0.154. The molecule has 0 unspecified atom stereocenters. The highest BCUT2D eigenvalue weighted by Gasteiger charge is 2.16. The van der Waals surface area contributed by atoms with Crippen molar-refractivity contribution >= 4 is 60.4 Å². The van der Waals surface area contributed by atoms with Crippen LogP contribution in [0, 0.1) is 0 Å². The largest absolute Gasteiger partial charge is 0.383 e. The molecule has 0 atom stereocenters. The second kappa shape index (κ2) is 10.4. The van der Waals surface area contributed by atoms with Gasteiger partial charge in [0.2, 0.25) is 0 Å². The van der Waals surface area contributed by atoms with E-state index in [9.17, 15) is 4.79 Å². The molecule has 9 heteroatoms. The number of benzene rings is 1. The SMILES string of the molecule is CNC(=O)c1cnc(N)c2cc(-c3ccc(N4CCOCC4)cc3)sc12.c1cnc2ccsc2c1. The molecular weight excluding hydrogens is 478 g/mol. The van der Waals surface area contributed by atoms with Crippen molar-refractivity contribution in [2.75, 3.05) is 44.0 Å². The summed E-state index contributed by atoms with van der Waals surface area (Å²) in [6, 6.07) is 16.6. The average Bonchev–Trinajstić information content (AvgIpc) is 3.58. The van der Waals surface area contributed by atoms with Crippen molar-refractivity contribution in [1.82, 2.24) is 15.3 Å². The van der Waals surface area contributed by atoms with Gasteiger partial charge in [-0.1, -0.05) is 12.1 Å². The topological polar surface area (TPSA) is 93.4 Å². The number of amides is 1. The molecule has 1 amide bonds. The van der Waals surface area contributed by atoms with E-state index in [0.29, 0.717) is 11.4 Å². The predicted molar refractivity (Wildman–Crippen MR) is 146 cm³/mol. The molecule has 35 heavy (non-hydrogen) atoms. The number of thiophene rings is 2. The van der Waals surface area contributed by atoms with Crippen molar-refractivity contribution in [1.29, 1.82) is 0 Å². The number of nitrogen functional groups attached to an aromatic ring is 1. The van der Waals surface area contributed by atoms with E-state index in [2.05, 4.69) is 55.9 Å². The predicted octanol–water partition coefficient (Wildman–Crippen LogP) is 5.04. The normalized spacial score (nSPS) is 13.5. The average molecular weight is 504 g/mol. The first-order valence-corrected chi connectivity index (χ1v) is 12.9. The fraction of sp³-hybridized carbons (Fsp3) is 0.192. The highest BCUT2D eigenvalue weighted by molar-refractivity contribution is 7.22. The summed E-state index contributed by atoms with van der Waals surface area (Å²) in [5, 5.41) is 5.53. The molecule has 1 fully saturated rings. The van der Waals surface area contributed by atoms with E-state index < -0.39 is 0 Å². The Morgan fingerprint density at radius 2 is 1.91 bits per heavy atom. The van der Waals surface area contributed by atoms with E-state index in [0.717, 1.165) is 52.3 Å². The van der Waals surface area contributed by atoms with Crippen molar-refractivity contribution in [2.45, 2.75) is 0 Å². The summed E-state index contributed by atoms with van der Waals surface area (Å²) in [7, 11) is 1.61. The Morgan fingerprint density at radius 1 is 1.11 bits per heavy atom. The number of hydrogen-bond donors (Lipinski definition) is 2. The summed E-state index contributed by atoms with van der Waals surface area (Å²) < 4.78 is 7.53. The van der Waals surface area contributed by atoms with Crippen molar-refractivity contribution < 1.29 is 9.53 Å². The fourth-order valence-electron chi connectivity index (χ4n) is 3.94. The van der Waals surface area contributed by atoms with Crippen LogP contribution < -0.4 is 16.0 Å². The molecule has 1 aliphatic rings. The number of carbonyl (C=O) groups is 1. The van der Waals surface area contributed by atoms with Gasteiger partial charge in [-0.05, 0) is 47.3 Å². The highest BCUT2D eigenvalue weighted by Crippen LogP contribution is 2.38. The highest BCUT2D eigenvalue weighted by atomic mass is 32.1. The van der Waals surface area contributed by atoms with Gasteiger partial charge in [0, 0.05) is 48.5 Å². The molecule has 178 valence electrons. The molecule has 3 N–H and O–H groups in total. The molecule has 6 rings (SSSR count). The van der Waals surface area contributed by atoms with E-state index in [1.165, 1.54) is 16.6 Å². The zero-order valence-corrected chi connectivity index (χ0v) is 20.9. The molecular formula is C26H25N5O2S2. The quantitative estimate of drug-likeness (QED) is 0.358. The maximum absolute atomic E-state index is 12.1. The molecule has 4 aromatic heterocycles. The second-order valence-electron chi connectivity index (χ2n) is 7.94. The Hall–Kier alpha value is -3.53. The minimum absolute atomic E-state index is 0.154. The van der Waals surface area contributed by atoms with Crippen LogP contribution in [0.4, 0.5) is 11.5 Å². The Bertz CT molecular complexity index is 1430. The molecule has 0 saturated carbocycles. The number of aromatic nitrogens is 2. The lowest BCUT2D eigenvalue weighted by molar-refractivity contribution is 0.0964. The number of rotatable bonds is 3. The van der Waals surface area contributed by atoms with Gasteiger partial charge in [-0.3, -0.25) is 9.78 Å². The van der Waals surface area contributed by atoms with Crippen LogP contribution in [0.3, 0.4) is 0 Å². The third kappa shape index (κ3) is 4.97. The van der Waals surface area contributed by atoms with E-state index in [1.54, 1.807) is 29.7 Å². The molecule has 1 aromatic carbocycles. The van der Waals surface area contributed by atoms with Crippen LogP contribution in [0.1, 0.15) is 10.4 Å². The van der Waals surface area contributed by atoms with Crippen LogP contribution in [-0.4, -0.2) is 49.2 Å². The molecule has 0 radical (unpaired) electrons. The van der Waals surface area contributed by atoms with Crippen molar-refractivity contribution in [3.63, 3.8) is 0 Å². The lowest BCUT2D eigenvalue weighted by atomic mass is 10.1. The molecule has 0 aliphatic carbocycles. The zero-order chi connectivity index (χ0) is 24.2. The summed E-state index contributed by atoms with van der Waals surface area (Å²) in [6.45, 7) is 3.37. The number of hydrogen-bond acceptors (Lipinski definition) is 8. The van der Waals surface area contributed by atoms with Gasteiger partial charge in [0.15, 0.2) is 0 Å². The molecule has 1 aliphatic heterocycles. The monoisotopic (exact) mass is 503 g/mol. The number of morpholine rings is 1. The van der Waals surface area contributed by atoms with Crippen LogP contribution in [0.5, 0.6) is 0 Å². The van der Waals surface area contributed by atoms with Crippen molar-refractivity contribution in [3.8, 4) is 10.4 Å².